The molecule has 1 aliphatic rings. The monoisotopic (exact) mass is 360 g/mol. The summed E-state index contributed by atoms with van der Waals surface area (Å²) in [5.41, 5.74) is 0.602. The zero-order chi connectivity index (χ0) is 18.9. The average molecular weight is 361 g/mol. The van der Waals surface area contributed by atoms with E-state index in [0.29, 0.717) is 24.4 Å². The molecule has 2 N–H and O–H groups in total. The fourth-order valence-electron chi connectivity index (χ4n) is 3.43. The van der Waals surface area contributed by atoms with Crippen LogP contribution in [-0.2, 0) is 0 Å². The van der Waals surface area contributed by atoms with Gasteiger partial charge in [-0.1, -0.05) is 19.9 Å². The number of ether oxygens (including phenoxy) is 1. The van der Waals surface area contributed by atoms with Crippen LogP contribution in [0.5, 0.6) is 5.75 Å². The van der Waals surface area contributed by atoms with Crippen LogP contribution in [-0.4, -0.2) is 57.1 Å². The molecule has 0 aromatic heterocycles. The number of benzene rings is 1. The minimum atomic E-state index is -0.0983. The first-order valence-corrected chi connectivity index (χ1v) is 9.41. The van der Waals surface area contributed by atoms with E-state index < -0.39 is 0 Å². The lowest BCUT2D eigenvalue weighted by atomic mass is 9.97. The zero-order valence-corrected chi connectivity index (χ0v) is 16.4. The highest BCUT2D eigenvalue weighted by Crippen LogP contribution is 2.23. The van der Waals surface area contributed by atoms with Crippen LogP contribution in [0.2, 0.25) is 0 Å². The maximum absolute atomic E-state index is 12.2. The molecule has 6 nitrogen and oxygen atoms in total. The van der Waals surface area contributed by atoms with Crippen LogP contribution in [0.15, 0.2) is 29.3 Å². The van der Waals surface area contributed by atoms with Crippen molar-refractivity contribution in [1.82, 2.24) is 15.5 Å². The molecule has 1 aliphatic heterocycles. The molecule has 0 radical (unpaired) electrons. The number of nitrogens with zero attached hydrogens (tertiary/aromatic N) is 2. The third-order valence-corrected chi connectivity index (χ3v) is 4.63. The highest BCUT2D eigenvalue weighted by Gasteiger charge is 2.25. The quantitative estimate of drug-likeness (QED) is 0.445. The first kappa shape index (κ1) is 20.1. The predicted octanol–water partition coefficient (Wildman–Crippen LogP) is 2.37. The van der Waals surface area contributed by atoms with Gasteiger partial charge in [-0.2, -0.15) is 0 Å². The second kappa shape index (κ2) is 10.0. The summed E-state index contributed by atoms with van der Waals surface area (Å²) in [6, 6.07) is 7.16. The Morgan fingerprint density at radius 1 is 1.35 bits per heavy atom. The number of amides is 1. The number of hydrogen-bond donors (Lipinski definition) is 2. The van der Waals surface area contributed by atoms with Crippen LogP contribution in [0.3, 0.4) is 0 Å². The first-order valence-electron chi connectivity index (χ1n) is 9.41. The largest absolute Gasteiger partial charge is 0.497 e. The number of nitrogens with one attached hydrogen (secondary N) is 2. The molecule has 1 unspecified atom stereocenters. The molecule has 6 heteroatoms. The highest BCUT2D eigenvalue weighted by molar-refractivity contribution is 5.94. The van der Waals surface area contributed by atoms with E-state index in [2.05, 4.69) is 34.4 Å². The molecule has 1 fully saturated rings. The number of carbonyl (C=O) groups is 1. The van der Waals surface area contributed by atoms with Crippen molar-refractivity contribution in [1.29, 1.82) is 0 Å². The molecule has 26 heavy (non-hydrogen) atoms. The molecule has 1 aromatic rings. The Bertz CT molecular complexity index is 616. The van der Waals surface area contributed by atoms with Gasteiger partial charge in [0.15, 0.2) is 5.96 Å². The molecule has 1 saturated heterocycles. The first-order chi connectivity index (χ1) is 12.5. The topological polar surface area (TPSA) is 66.0 Å². The Kier molecular flexibility index (Phi) is 7.75. The van der Waals surface area contributed by atoms with Crippen LogP contribution in [0.1, 0.15) is 37.0 Å². The lowest BCUT2D eigenvalue weighted by Gasteiger charge is -2.22. The van der Waals surface area contributed by atoms with E-state index in [1.54, 1.807) is 19.2 Å². The van der Waals surface area contributed by atoms with Crippen LogP contribution < -0.4 is 15.4 Å². The Morgan fingerprint density at radius 2 is 2.12 bits per heavy atom. The molecule has 0 saturated carbocycles. The summed E-state index contributed by atoms with van der Waals surface area (Å²) in [6.45, 7) is 7.86. The van der Waals surface area contributed by atoms with E-state index in [0.717, 1.165) is 30.9 Å². The van der Waals surface area contributed by atoms with Gasteiger partial charge in [0.1, 0.15) is 5.75 Å². The van der Waals surface area contributed by atoms with Gasteiger partial charge in [-0.15, -0.1) is 0 Å². The molecular weight excluding hydrogens is 328 g/mol. The summed E-state index contributed by atoms with van der Waals surface area (Å²) >= 11 is 0. The number of rotatable bonds is 7. The molecule has 0 aliphatic carbocycles. The van der Waals surface area contributed by atoms with E-state index in [1.165, 1.54) is 12.8 Å². The van der Waals surface area contributed by atoms with E-state index in [4.69, 9.17) is 4.74 Å². The standard InChI is InChI=1S/C20H32N4O2/c1-15(2)12-16-8-11-24(14-16)20(21-3)23-10-9-22-19(25)17-6-5-7-18(13-17)26-4/h5-7,13,15-16H,8-12,14H2,1-4H3,(H,21,23)(H,22,25). The Balaban J connectivity index is 1.73. The van der Waals surface area contributed by atoms with Gasteiger partial charge >= 0.3 is 0 Å². The molecule has 1 aromatic carbocycles. The van der Waals surface area contributed by atoms with Crippen molar-refractivity contribution in [2.75, 3.05) is 40.3 Å². The van der Waals surface area contributed by atoms with Crippen molar-refractivity contribution < 1.29 is 9.53 Å². The van der Waals surface area contributed by atoms with Gasteiger partial charge < -0.3 is 20.3 Å². The predicted molar refractivity (Wildman–Crippen MR) is 106 cm³/mol. The second-order valence-electron chi connectivity index (χ2n) is 7.19. The lowest BCUT2D eigenvalue weighted by molar-refractivity contribution is 0.0954. The van der Waals surface area contributed by atoms with Crippen LogP contribution in [0, 0.1) is 11.8 Å². The van der Waals surface area contributed by atoms with Gasteiger partial charge in [0.25, 0.3) is 5.91 Å². The van der Waals surface area contributed by atoms with Gasteiger partial charge in [-0.3, -0.25) is 9.79 Å². The van der Waals surface area contributed by atoms with Gasteiger partial charge in [0.05, 0.1) is 7.11 Å². The number of carbonyl (C=O) groups excluding carboxylic acids is 1. The molecule has 0 spiro atoms. The SMILES string of the molecule is CN=C(NCCNC(=O)c1cccc(OC)c1)N1CCC(CC(C)C)C1. The molecule has 144 valence electrons. The Labute approximate surface area is 157 Å². The Morgan fingerprint density at radius 3 is 2.81 bits per heavy atom. The average Bonchev–Trinajstić information content (AvgIpc) is 3.09. The van der Waals surface area contributed by atoms with Gasteiger partial charge in [-0.05, 0) is 42.9 Å². The summed E-state index contributed by atoms with van der Waals surface area (Å²) < 4.78 is 5.15. The van der Waals surface area contributed by atoms with Crippen molar-refractivity contribution >= 4 is 11.9 Å². The molecular formula is C20H32N4O2. The van der Waals surface area contributed by atoms with Crippen molar-refractivity contribution in [3.05, 3.63) is 29.8 Å². The molecule has 1 amide bonds. The summed E-state index contributed by atoms with van der Waals surface area (Å²) in [5, 5.41) is 6.28. The molecule has 1 atom stereocenters. The summed E-state index contributed by atoms with van der Waals surface area (Å²) in [5.74, 6) is 3.00. The fraction of sp³-hybridized carbons (Fsp3) is 0.600. The maximum Gasteiger partial charge on any atom is 0.251 e. The number of hydrogen-bond acceptors (Lipinski definition) is 3. The minimum Gasteiger partial charge on any atom is -0.497 e. The van der Waals surface area contributed by atoms with Crippen molar-refractivity contribution in [3.63, 3.8) is 0 Å². The minimum absolute atomic E-state index is 0.0983. The third-order valence-electron chi connectivity index (χ3n) is 4.63. The fourth-order valence-corrected chi connectivity index (χ4v) is 3.43. The van der Waals surface area contributed by atoms with Gasteiger partial charge in [0.2, 0.25) is 0 Å². The van der Waals surface area contributed by atoms with Gasteiger partial charge in [0, 0.05) is 38.8 Å². The van der Waals surface area contributed by atoms with Crippen molar-refractivity contribution in [3.8, 4) is 5.75 Å². The summed E-state index contributed by atoms with van der Waals surface area (Å²) in [7, 11) is 3.41. The molecule has 1 heterocycles. The van der Waals surface area contributed by atoms with E-state index in [1.807, 2.05) is 19.2 Å². The third kappa shape index (κ3) is 5.93. The summed E-state index contributed by atoms with van der Waals surface area (Å²) in [4.78, 5) is 18.9. The van der Waals surface area contributed by atoms with Crippen LogP contribution >= 0.6 is 0 Å². The van der Waals surface area contributed by atoms with Crippen LogP contribution in [0.4, 0.5) is 0 Å². The number of aliphatic imine (C=N–C) groups is 1. The molecule has 2 rings (SSSR count). The van der Waals surface area contributed by atoms with Crippen molar-refractivity contribution in [2.45, 2.75) is 26.7 Å². The van der Waals surface area contributed by atoms with Crippen LogP contribution in [0.25, 0.3) is 0 Å². The van der Waals surface area contributed by atoms with E-state index in [9.17, 15) is 4.79 Å². The normalized spacial score (nSPS) is 17.5. The Hall–Kier alpha value is -2.24. The van der Waals surface area contributed by atoms with E-state index >= 15 is 0 Å². The smallest absolute Gasteiger partial charge is 0.251 e. The van der Waals surface area contributed by atoms with Crippen molar-refractivity contribution in [2.24, 2.45) is 16.8 Å². The number of methoxy groups -OCH3 is 1. The second-order valence-corrected chi connectivity index (χ2v) is 7.19. The van der Waals surface area contributed by atoms with E-state index in [-0.39, 0.29) is 5.91 Å². The molecule has 0 bridgehead atoms. The number of guanidine groups is 1. The highest BCUT2D eigenvalue weighted by atomic mass is 16.5. The summed E-state index contributed by atoms with van der Waals surface area (Å²) in [6.07, 6.45) is 2.50. The maximum atomic E-state index is 12.2. The lowest BCUT2D eigenvalue weighted by Crippen LogP contribution is -2.43. The zero-order valence-electron chi connectivity index (χ0n) is 16.4. The number of likely N-dealkylation sites (tertiary alicyclic amines) is 1. The van der Waals surface area contributed by atoms with Gasteiger partial charge in [-0.25, -0.2) is 0 Å².